The smallest absolute Gasteiger partial charge is 0.0294 e. The van der Waals surface area contributed by atoms with Gasteiger partial charge in [0.05, 0.1) is 0 Å². The molecule has 1 nitrogen and oxygen atoms in total. The van der Waals surface area contributed by atoms with Crippen LogP contribution in [-0.4, -0.2) is 0 Å². The first-order valence-electron chi connectivity index (χ1n) is 5.78. The second-order valence-electron chi connectivity index (χ2n) is 4.14. The molecule has 0 saturated carbocycles. The minimum absolute atomic E-state index is 0.364. The second-order valence-corrected chi connectivity index (χ2v) is 5.06. The summed E-state index contributed by atoms with van der Waals surface area (Å²) in [6.45, 7) is 3.09. The van der Waals surface area contributed by atoms with E-state index in [1.807, 2.05) is 6.07 Å². The molecule has 2 heteroatoms. The fourth-order valence-corrected chi connectivity index (χ4v) is 2.00. The molecule has 0 aliphatic carbocycles. The Morgan fingerprint density at radius 1 is 1.00 bits per heavy atom. The molecule has 0 saturated heterocycles. The molecule has 0 heterocycles. The summed E-state index contributed by atoms with van der Waals surface area (Å²) in [6.07, 6.45) is 0. The van der Waals surface area contributed by atoms with Crippen molar-refractivity contribution in [2.24, 2.45) is 0 Å². The standard InChI is InChI=1S/C15H16BrN/c1-12(14-7-9-15(16)10-8-14)17-11-13-5-3-2-4-6-13/h2-10,12,17H,11H2,1H3/t12-/m0/s1. The SMILES string of the molecule is C[C@H](NCc1ccccc1)c1ccc(Br)cc1. The Hall–Kier alpha value is -1.12. The van der Waals surface area contributed by atoms with Gasteiger partial charge < -0.3 is 5.32 Å². The molecule has 0 aromatic heterocycles. The monoisotopic (exact) mass is 289 g/mol. The fourth-order valence-electron chi connectivity index (χ4n) is 1.74. The zero-order valence-corrected chi connectivity index (χ0v) is 11.4. The topological polar surface area (TPSA) is 12.0 Å². The van der Waals surface area contributed by atoms with Gasteiger partial charge in [-0.2, -0.15) is 0 Å². The van der Waals surface area contributed by atoms with Crippen molar-refractivity contribution in [2.75, 3.05) is 0 Å². The molecule has 2 aromatic rings. The molecule has 0 unspecified atom stereocenters. The summed E-state index contributed by atoms with van der Waals surface area (Å²) in [5.41, 5.74) is 2.63. The molecule has 88 valence electrons. The average Bonchev–Trinajstić information content (AvgIpc) is 2.38. The minimum Gasteiger partial charge on any atom is -0.306 e. The second kappa shape index (κ2) is 5.99. The third-order valence-electron chi connectivity index (χ3n) is 2.83. The highest BCUT2D eigenvalue weighted by atomic mass is 79.9. The van der Waals surface area contributed by atoms with E-state index in [0.29, 0.717) is 6.04 Å². The van der Waals surface area contributed by atoms with E-state index >= 15 is 0 Å². The molecule has 0 fully saturated rings. The molecule has 0 aliphatic heterocycles. The van der Waals surface area contributed by atoms with E-state index in [-0.39, 0.29) is 0 Å². The van der Waals surface area contributed by atoms with Gasteiger partial charge in [0.15, 0.2) is 0 Å². The molecule has 0 spiro atoms. The summed E-state index contributed by atoms with van der Waals surface area (Å²) in [6, 6.07) is 19.3. The Morgan fingerprint density at radius 3 is 2.29 bits per heavy atom. The van der Waals surface area contributed by atoms with E-state index in [1.165, 1.54) is 11.1 Å². The summed E-state index contributed by atoms with van der Waals surface area (Å²) in [7, 11) is 0. The van der Waals surface area contributed by atoms with Crippen LogP contribution >= 0.6 is 15.9 Å². The maximum Gasteiger partial charge on any atom is 0.0294 e. The first kappa shape index (κ1) is 12.3. The Balaban J connectivity index is 1.93. The van der Waals surface area contributed by atoms with Crippen molar-refractivity contribution in [1.29, 1.82) is 0 Å². The zero-order valence-electron chi connectivity index (χ0n) is 9.86. The molecule has 1 N–H and O–H groups in total. The summed E-state index contributed by atoms with van der Waals surface area (Å²) in [5, 5.41) is 3.52. The van der Waals surface area contributed by atoms with Gasteiger partial charge in [0.25, 0.3) is 0 Å². The van der Waals surface area contributed by atoms with E-state index in [4.69, 9.17) is 0 Å². The highest BCUT2D eigenvalue weighted by Crippen LogP contribution is 2.16. The molecule has 0 bridgehead atoms. The molecule has 0 amide bonds. The number of halogens is 1. The predicted molar refractivity (Wildman–Crippen MR) is 75.8 cm³/mol. The van der Waals surface area contributed by atoms with Crippen LogP contribution in [0.1, 0.15) is 24.1 Å². The Kier molecular flexibility index (Phi) is 4.35. The van der Waals surface area contributed by atoms with E-state index in [1.54, 1.807) is 0 Å². The fraction of sp³-hybridized carbons (Fsp3) is 0.200. The van der Waals surface area contributed by atoms with E-state index < -0.39 is 0 Å². The van der Waals surface area contributed by atoms with Crippen LogP contribution in [-0.2, 0) is 6.54 Å². The van der Waals surface area contributed by atoms with Gasteiger partial charge in [0, 0.05) is 17.1 Å². The van der Waals surface area contributed by atoms with Crippen molar-refractivity contribution < 1.29 is 0 Å². The van der Waals surface area contributed by atoms with Gasteiger partial charge in [-0.05, 0) is 30.2 Å². The number of rotatable bonds is 4. The summed E-state index contributed by atoms with van der Waals surface area (Å²) in [4.78, 5) is 0. The summed E-state index contributed by atoms with van der Waals surface area (Å²) >= 11 is 3.45. The third-order valence-corrected chi connectivity index (χ3v) is 3.35. The molecule has 0 aliphatic rings. The molecule has 17 heavy (non-hydrogen) atoms. The van der Waals surface area contributed by atoms with Crippen LogP contribution < -0.4 is 5.32 Å². The number of hydrogen-bond donors (Lipinski definition) is 1. The van der Waals surface area contributed by atoms with Crippen molar-refractivity contribution in [2.45, 2.75) is 19.5 Å². The maximum atomic E-state index is 3.52. The van der Waals surface area contributed by atoms with E-state index in [0.717, 1.165) is 11.0 Å². The lowest BCUT2D eigenvalue weighted by Crippen LogP contribution is -2.17. The Labute approximate surface area is 111 Å². The lowest BCUT2D eigenvalue weighted by molar-refractivity contribution is 0.574. The van der Waals surface area contributed by atoms with Crippen molar-refractivity contribution in [3.8, 4) is 0 Å². The highest BCUT2D eigenvalue weighted by Gasteiger charge is 2.03. The maximum absolute atomic E-state index is 3.52. The van der Waals surface area contributed by atoms with Gasteiger partial charge >= 0.3 is 0 Å². The Bertz CT molecular complexity index is 450. The van der Waals surface area contributed by atoms with Crippen LogP contribution in [0.4, 0.5) is 0 Å². The highest BCUT2D eigenvalue weighted by molar-refractivity contribution is 9.10. The lowest BCUT2D eigenvalue weighted by atomic mass is 10.1. The van der Waals surface area contributed by atoms with Crippen molar-refractivity contribution in [3.05, 3.63) is 70.2 Å². The van der Waals surface area contributed by atoms with Crippen molar-refractivity contribution in [3.63, 3.8) is 0 Å². The van der Waals surface area contributed by atoms with E-state index in [9.17, 15) is 0 Å². The van der Waals surface area contributed by atoms with Crippen LogP contribution in [0.3, 0.4) is 0 Å². The first-order chi connectivity index (χ1) is 8.25. The third kappa shape index (κ3) is 3.69. The van der Waals surface area contributed by atoms with Gasteiger partial charge in [-0.25, -0.2) is 0 Å². The van der Waals surface area contributed by atoms with E-state index in [2.05, 4.69) is 76.7 Å². The zero-order chi connectivity index (χ0) is 12.1. The van der Waals surface area contributed by atoms with Gasteiger partial charge in [-0.15, -0.1) is 0 Å². The van der Waals surface area contributed by atoms with Crippen LogP contribution in [0.5, 0.6) is 0 Å². The van der Waals surface area contributed by atoms with Gasteiger partial charge in [0.2, 0.25) is 0 Å². The van der Waals surface area contributed by atoms with Gasteiger partial charge in [0.1, 0.15) is 0 Å². The molecule has 2 aromatic carbocycles. The first-order valence-corrected chi connectivity index (χ1v) is 6.58. The molecular formula is C15H16BrN. The van der Waals surface area contributed by atoms with Crippen LogP contribution in [0.25, 0.3) is 0 Å². The van der Waals surface area contributed by atoms with Crippen LogP contribution in [0, 0.1) is 0 Å². The normalized spacial score (nSPS) is 12.4. The largest absolute Gasteiger partial charge is 0.306 e. The minimum atomic E-state index is 0.364. The molecule has 2 rings (SSSR count). The number of hydrogen-bond acceptors (Lipinski definition) is 1. The quantitative estimate of drug-likeness (QED) is 0.885. The molecular weight excluding hydrogens is 274 g/mol. The van der Waals surface area contributed by atoms with Crippen LogP contribution in [0.2, 0.25) is 0 Å². The van der Waals surface area contributed by atoms with Crippen molar-refractivity contribution >= 4 is 15.9 Å². The van der Waals surface area contributed by atoms with Gasteiger partial charge in [-0.3, -0.25) is 0 Å². The lowest BCUT2D eigenvalue weighted by Gasteiger charge is -2.14. The average molecular weight is 290 g/mol. The molecule has 0 radical (unpaired) electrons. The molecule has 1 atom stereocenters. The van der Waals surface area contributed by atoms with Crippen LogP contribution in [0.15, 0.2) is 59.1 Å². The van der Waals surface area contributed by atoms with Gasteiger partial charge in [-0.1, -0.05) is 58.4 Å². The Morgan fingerprint density at radius 2 is 1.65 bits per heavy atom. The van der Waals surface area contributed by atoms with Crippen molar-refractivity contribution in [1.82, 2.24) is 5.32 Å². The predicted octanol–water partition coefficient (Wildman–Crippen LogP) is 4.30. The summed E-state index contributed by atoms with van der Waals surface area (Å²) in [5.74, 6) is 0. The number of nitrogens with one attached hydrogen (secondary N) is 1. The number of benzene rings is 2. The summed E-state index contributed by atoms with van der Waals surface area (Å²) < 4.78 is 1.12.